The summed E-state index contributed by atoms with van der Waals surface area (Å²) < 4.78 is 29.5. The van der Waals surface area contributed by atoms with Gasteiger partial charge in [0, 0.05) is 50.4 Å². The van der Waals surface area contributed by atoms with Crippen molar-refractivity contribution in [2.45, 2.75) is 32.0 Å². The molecule has 2 N–H and O–H groups in total. The maximum atomic E-state index is 13.9. The number of anilines is 1. The molecule has 37 heavy (non-hydrogen) atoms. The number of nitrogens with one attached hydrogen (secondary N) is 2. The van der Waals surface area contributed by atoms with E-state index in [1.165, 1.54) is 12.1 Å². The predicted octanol–water partition coefficient (Wildman–Crippen LogP) is 1.39. The number of aromatic nitrogens is 4. The number of piperidine rings is 1. The van der Waals surface area contributed by atoms with Gasteiger partial charge in [-0.25, -0.2) is 13.5 Å². The SMILES string of the molecule is Cn1nnnc1N1CCC(N(CC(=O)NCc2ccccc2F)CC(=O)NCc2ccccc2F)CC1. The van der Waals surface area contributed by atoms with Crippen LogP contribution in [-0.2, 0) is 29.7 Å². The minimum absolute atomic E-state index is 0.0300. The van der Waals surface area contributed by atoms with Gasteiger partial charge in [0.1, 0.15) is 11.6 Å². The van der Waals surface area contributed by atoms with Crippen LogP contribution >= 0.6 is 0 Å². The normalized spacial score (nSPS) is 14.1. The first kappa shape index (κ1) is 26.1. The number of carbonyl (C=O) groups excluding carboxylic acids is 2. The molecule has 0 radical (unpaired) electrons. The highest BCUT2D eigenvalue weighted by Crippen LogP contribution is 2.20. The fourth-order valence-corrected chi connectivity index (χ4v) is 4.39. The molecule has 1 saturated heterocycles. The Bertz CT molecular complexity index is 1150. The molecular formula is C25H30F2N8O2. The van der Waals surface area contributed by atoms with Gasteiger partial charge in [0.15, 0.2) is 0 Å². The summed E-state index contributed by atoms with van der Waals surface area (Å²) in [6.45, 7) is 1.36. The molecule has 0 unspecified atom stereocenters. The number of hydrogen-bond acceptors (Lipinski definition) is 7. The molecule has 2 aromatic carbocycles. The zero-order chi connectivity index (χ0) is 26.2. The van der Waals surface area contributed by atoms with Gasteiger partial charge in [0.25, 0.3) is 0 Å². The predicted molar refractivity (Wildman–Crippen MR) is 132 cm³/mol. The van der Waals surface area contributed by atoms with E-state index in [0.29, 0.717) is 43.0 Å². The van der Waals surface area contributed by atoms with Crippen molar-refractivity contribution in [1.29, 1.82) is 0 Å². The maximum Gasteiger partial charge on any atom is 0.245 e. The average molecular weight is 513 g/mol. The van der Waals surface area contributed by atoms with Crippen molar-refractivity contribution in [1.82, 2.24) is 35.7 Å². The van der Waals surface area contributed by atoms with Gasteiger partial charge in [-0.1, -0.05) is 41.5 Å². The van der Waals surface area contributed by atoms with Crippen molar-refractivity contribution in [3.63, 3.8) is 0 Å². The molecule has 0 aliphatic carbocycles. The van der Waals surface area contributed by atoms with Gasteiger partial charge in [-0.2, -0.15) is 0 Å². The van der Waals surface area contributed by atoms with E-state index in [4.69, 9.17) is 0 Å². The fraction of sp³-hybridized carbons (Fsp3) is 0.400. The maximum absolute atomic E-state index is 13.9. The number of nitrogens with zero attached hydrogens (tertiary/aromatic N) is 6. The first-order valence-corrected chi connectivity index (χ1v) is 12.1. The summed E-state index contributed by atoms with van der Waals surface area (Å²) in [5.74, 6) is -0.749. The quantitative estimate of drug-likeness (QED) is 0.423. The number of benzene rings is 2. The van der Waals surface area contributed by atoms with E-state index >= 15 is 0 Å². The molecular weight excluding hydrogens is 482 g/mol. The second kappa shape index (κ2) is 12.3. The first-order chi connectivity index (χ1) is 17.9. The lowest BCUT2D eigenvalue weighted by Gasteiger charge is -2.37. The lowest BCUT2D eigenvalue weighted by molar-refractivity contribution is -0.126. The van der Waals surface area contributed by atoms with Crippen molar-refractivity contribution < 1.29 is 18.4 Å². The van der Waals surface area contributed by atoms with E-state index in [9.17, 15) is 18.4 Å². The zero-order valence-electron chi connectivity index (χ0n) is 20.6. The molecule has 3 aromatic rings. The molecule has 2 amide bonds. The molecule has 0 bridgehead atoms. The standard InChI is InChI=1S/C25H30F2N8O2/c1-33-25(30-31-32-33)34-12-10-20(11-13-34)35(16-23(36)28-14-18-6-2-4-8-21(18)26)17-24(37)29-15-19-7-3-5-9-22(19)27/h2-9,20H,10-17H2,1H3,(H,28,36)(H,29,37). The fourth-order valence-electron chi connectivity index (χ4n) is 4.39. The summed E-state index contributed by atoms with van der Waals surface area (Å²) in [7, 11) is 1.77. The van der Waals surface area contributed by atoms with Crippen LogP contribution in [0.25, 0.3) is 0 Å². The van der Waals surface area contributed by atoms with Gasteiger partial charge in [0.05, 0.1) is 13.1 Å². The lowest BCUT2D eigenvalue weighted by Crippen LogP contribution is -2.51. The summed E-state index contributed by atoms with van der Waals surface area (Å²) in [5, 5.41) is 17.1. The molecule has 12 heteroatoms. The summed E-state index contributed by atoms with van der Waals surface area (Å²) in [5.41, 5.74) is 0.770. The van der Waals surface area contributed by atoms with Gasteiger partial charge < -0.3 is 15.5 Å². The van der Waals surface area contributed by atoms with Crippen molar-refractivity contribution in [2.24, 2.45) is 7.05 Å². The van der Waals surface area contributed by atoms with Crippen LogP contribution in [-0.4, -0.2) is 69.1 Å². The van der Waals surface area contributed by atoms with Crippen molar-refractivity contribution in [2.75, 3.05) is 31.1 Å². The Morgan fingerprint density at radius 3 is 1.89 bits per heavy atom. The van der Waals surface area contributed by atoms with Gasteiger partial charge in [-0.15, -0.1) is 0 Å². The monoisotopic (exact) mass is 512 g/mol. The van der Waals surface area contributed by atoms with Crippen LogP contribution in [0.5, 0.6) is 0 Å². The number of tetrazole rings is 1. The van der Waals surface area contributed by atoms with Gasteiger partial charge in [0.2, 0.25) is 17.8 Å². The third-order valence-corrected chi connectivity index (χ3v) is 6.42. The molecule has 2 heterocycles. The highest BCUT2D eigenvalue weighted by atomic mass is 19.1. The Kier molecular flexibility index (Phi) is 8.72. The van der Waals surface area contributed by atoms with Crippen LogP contribution in [0, 0.1) is 11.6 Å². The smallest absolute Gasteiger partial charge is 0.245 e. The number of halogens is 2. The van der Waals surface area contributed by atoms with Gasteiger partial charge in [-0.3, -0.25) is 14.5 Å². The minimum atomic E-state index is -0.391. The second-order valence-corrected chi connectivity index (χ2v) is 8.96. The van der Waals surface area contributed by atoms with E-state index in [1.54, 1.807) is 48.1 Å². The largest absolute Gasteiger partial charge is 0.351 e. The van der Waals surface area contributed by atoms with Crippen molar-refractivity contribution >= 4 is 17.8 Å². The summed E-state index contributed by atoms with van der Waals surface area (Å²) in [6, 6.07) is 12.4. The Hall–Kier alpha value is -3.93. The van der Waals surface area contributed by atoms with E-state index < -0.39 is 11.6 Å². The molecule has 0 atom stereocenters. The Morgan fingerprint density at radius 1 is 0.919 bits per heavy atom. The molecule has 0 saturated carbocycles. The number of carbonyl (C=O) groups is 2. The van der Waals surface area contributed by atoms with Crippen LogP contribution in [0.1, 0.15) is 24.0 Å². The Labute approximate surface area is 213 Å². The lowest BCUT2D eigenvalue weighted by atomic mass is 10.0. The number of aryl methyl sites for hydroxylation is 1. The highest BCUT2D eigenvalue weighted by molar-refractivity contribution is 5.81. The Morgan fingerprint density at radius 2 is 1.43 bits per heavy atom. The first-order valence-electron chi connectivity index (χ1n) is 12.1. The van der Waals surface area contributed by atoms with Crippen LogP contribution in [0.4, 0.5) is 14.7 Å². The van der Waals surface area contributed by atoms with Gasteiger partial charge >= 0.3 is 0 Å². The summed E-state index contributed by atoms with van der Waals surface area (Å²) >= 11 is 0. The van der Waals surface area contributed by atoms with Crippen LogP contribution in [0.15, 0.2) is 48.5 Å². The minimum Gasteiger partial charge on any atom is -0.351 e. The van der Waals surface area contributed by atoms with Crippen LogP contribution < -0.4 is 15.5 Å². The van der Waals surface area contributed by atoms with E-state index in [0.717, 1.165) is 0 Å². The van der Waals surface area contributed by atoms with E-state index in [2.05, 4.69) is 31.1 Å². The summed E-state index contributed by atoms with van der Waals surface area (Å²) in [6.07, 6.45) is 1.38. The Balaban J connectivity index is 1.37. The number of hydrogen-bond donors (Lipinski definition) is 2. The third kappa shape index (κ3) is 7.06. The third-order valence-electron chi connectivity index (χ3n) is 6.42. The van der Waals surface area contributed by atoms with Crippen LogP contribution in [0.2, 0.25) is 0 Å². The van der Waals surface area contributed by atoms with Crippen molar-refractivity contribution in [3.05, 3.63) is 71.3 Å². The number of amides is 2. The molecule has 10 nitrogen and oxygen atoms in total. The molecule has 0 spiro atoms. The highest BCUT2D eigenvalue weighted by Gasteiger charge is 2.29. The molecule has 1 fully saturated rings. The molecule has 1 aliphatic heterocycles. The topological polar surface area (TPSA) is 108 Å². The molecule has 196 valence electrons. The van der Waals surface area contributed by atoms with E-state index in [-0.39, 0.29) is 44.0 Å². The van der Waals surface area contributed by atoms with E-state index in [1.807, 2.05) is 4.90 Å². The number of rotatable bonds is 10. The second-order valence-electron chi connectivity index (χ2n) is 8.96. The van der Waals surface area contributed by atoms with Crippen LogP contribution in [0.3, 0.4) is 0 Å². The van der Waals surface area contributed by atoms with Gasteiger partial charge in [-0.05, 0) is 35.4 Å². The summed E-state index contributed by atoms with van der Waals surface area (Å²) in [4.78, 5) is 29.5. The molecule has 1 aromatic heterocycles. The average Bonchev–Trinajstić information content (AvgIpc) is 3.33. The van der Waals surface area contributed by atoms with Crippen molar-refractivity contribution in [3.8, 4) is 0 Å². The molecule has 4 rings (SSSR count). The zero-order valence-corrected chi connectivity index (χ0v) is 20.6. The molecule has 1 aliphatic rings.